The van der Waals surface area contributed by atoms with Crippen LogP contribution in [0.2, 0.25) is 0 Å². The molecule has 0 aliphatic rings. The van der Waals surface area contributed by atoms with Gasteiger partial charge in [0.1, 0.15) is 5.75 Å². The van der Waals surface area contributed by atoms with Gasteiger partial charge in [-0.1, -0.05) is 25.1 Å². The molecule has 0 fully saturated rings. The zero-order valence-corrected chi connectivity index (χ0v) is 11.9. The summed E-state index contributed by atoms with van der Waals surface area (Å²) in [5.41, 5.74) is 1.90. The van der Waals surface area contributed by atoms with Crippen LogP contribution in [0.1, 0.15) is 25.5 Å². The summed E-state index contributed by atoms with van der Waals surface area (Å²) in [5.74, 6) is 0.323. The lowest BCUT2D eigenvalue weighted by atomic mass is 10.1. The summed E-state index contributed by atoms with van der Waals surface area (Å²) >= 11 is 0. The third-order valence-corrected chi connectivity index (χ3v) is 3.05. The minimum Gasteiger partial charge on any atom is -0.508 e. The molecule has 2 N–H and O–H groups in total. The molecule has 19 heavy (non-hydrogen) atoms. The monoisotopic (exact) mass is 260 g/mol. The van der Waals surface area contributed by atoms with E-state index in [-0.39, 0.29) is 6.04 Å². The zero-order valence-electron chi connectivity index (χ0n) is 11.9. The van der Waals surface area contributed by atoms with Crippen LogP contribution in [0.3, 0.4) is 0 Å². The van der Waals surface area contributed by atoms with E-state index in [0.717, 1.165) is 30.9 Å². The number of phenolic OH excluding ortho intramolecular Hbond substituents is 1. The molecule has 104 valence electrons. The number of hydrogen-bond acceptors (Lipinski definition) is 3. The van der Waals surface area contributed by atoms with Gasteiger partial charge in [0.05, 0.1) is 0 Å². The molecular formula is C16H24N2O. The van der Waals surface area contributed by atoms with Gasteiger partial charge in [0, 0.05) is 36.4 Å². The van der Waals surface area contributed by atoms with Crippen molar-refractivity contribution in [2.75, 3.05) is 24.5 Å². The quantitative estimate of drug-likeness (QED) is 0.704. The van der Waals surface area contributed by atoms with Crippen molar-refractivity contribution in [3.05, 3.63) is 49.1 Å². The summed E-state index contributed by atoms with van der Waals surface area (Å²) in [6.07, 6.45) is 3.69. The molecule has 0 aromatic heterocycles. The van der Waals surface area contributed by atoms with E-state index in [1.165, 1.54) is 0 Å². The lowest BCUT2D eigenvalue weighted by Crippen LogP contribution is -2.23. The van der Waals surface area contributed by atoms with E-state index >= 15 is 0 Å². The van der Waals surface area contributed by atoms with Crippen LogP contribution >= 0.6 is 0 Å². The Morgan fingerprint density at radius 1 is 1.32 bits per heavy atom. The molecule has 0 saturated carbocycles. The first-order valence-corrected chi connectivity index (χ1v) is 6.67. The number of anilines is 1. The molecule has 1 atom stereocenters. The number of phenols is 1. The van der Waals surface area contributed by atoms with Crippen LogP contribution in [0.4, 0.5) is 5.69 Å². The van der Waals surface area contributed by atoms with Gasteiger partial charge in [-0.15, -0.1) is 13.2 Å². The Labute approximate surface area is 116 Å². The third kappa shape index (κ3) is 4.14. The molecule has 0 aliphatic carbocycles. The minimum absolute atomic E-state index is 0.145. The van der Waals surface area contributed by atoms with Gasteiger partial charge in [-0.25, -0.2) is 0 Å². The molecule has 0 heterocycles. The maximum atomic E-state index is 10.2. The van der Waals surface area contributed by atoms with Crippen LogP contribution in [-0.4, -0.2) is 24.7 Å². The fraction of sp³-hybridized carbons (Fsp3) is 0.375. The summed E-state index contributed by atoms with van der Waals surface area (Å²) in [5, 5.41) is 13.5. The van der Waals surface area contributed by atoms with E-state index in [2.05, 4.69) is 30.3 Å². The summed E-state index contributed by atoms with van der Waals surface area (Å²) in [6, 6.07) is 5.94. The lowest BCUT2D eigenvalue weighted by Gasteiger charge is -2.23. The Kier molecular flexibility index (Phi) is 6.16. The maximum absolute atomic E-state index is 10.2. The molecular weight excluding hydrogens is 236 g/mol. The first-order valence-electron chi connectivity index (χ1n) is 6.67. The van der Waals surface area contributed by atoms with Crippen molar-refractivity contribution < 1.29 is 5.11 Å². The van der Waals surface area contributed by atoms with Crippen molar-refractivity contribution in [3.63, 3.8) is 0 Å². The highest BCUT2D eigenvalue weighted by molar-refractivity contribution is 5.54. The predicted octanol–water partition coefficient (Wildman–Crippen LogP) is 3.24. The van der Waals surface area contributed by atoms with Gasteiger partial charge < -0.3 is 15.3 Å². The molecule has 1 aromatic rings. The molecule has 0 spiro atoms. The third-order valence-electron chi connectivity index (χ3n) is 3.05. The molecule has 0 bridgehead atoms. The molecule has 0 aliphatic heterocycles. The van der Waals surface area contributed by atoms with Crippen LogP contribution in [0.25, 0.3) is 0 Å². The molecule has 1 rings (SSSR count). The normalized spacial score (nSPS) is 11.9. The molecule has 0 amide bonds. The largest absolute Gasteiger partial charge is 0.508 e. The molecule has 1 unspecified atom stereocenters. The van der Waals surface area contributed by atoms with Crippen LogP contribution < -0.4 is 10.2 Å². The van der Waals surface area contributed by atoms with E-state index in [1.54, 1.807) is 6.07 Å². The van der Waals surface area contributed by atoms with Gasteiger partial charge in [0.2, 0.25) is 0 Å². The summed E-state index contributed by atoms with van der Waals surface area (Å²) in [4.78, 5) is 2.10. The van der Waals surface area contributed by atoms with Gasteiger partial charge in [-0.2, -0.15) is 0 Å². The number of nitrogens with zero attached hydrogens (tertiary/aromatic N) is 1. The van der Waals surface area contributed by atoms with Gasteiger partial charge in [-0.05, 0) is 19.5 Å². The van der Waals surface area contributed by atoms with E-state index in [4.69, 9.17) is 0 Å². The van der Waals surface area contributed by atoms with E-state index in [0.29, 0.717) is 5.75 Å². The highest BCUT2D eigenvalue weighted by atomic mass is 16.3. The Hall–Kier alpha value is -1.74. The minimum atomic E-state index is 0.145. The predicted molar refractivity (Wildman–Crippen MR) is 82.8 cm³/mol. The summed E-state index contributed by atoms with van der Waals surface area (Å²) in [7, 11) is 0. The molecule has 0 saturated heterocycles. The first-order chi connectivity index (χ1) is 9.13. The fourth-order valence-electron chi connectivity index (χ4n) is 2.11. The summed E-state index contributed by atoms with van der Waals surface area (Å²) in [6.45, 7) is 13.9. The maximum Gasteiger partial charge on any atom is 0.122 e. The Morgan fingerprint density at radius 3 is 2.42 bits per heavy atom. The highest BCUT2D eigenvalue weighted by Crippen LogP contribution is 2.29. The molecule has 0 radical (unpaired) electrons. The molecule has 3 nitrogen and oxygen atoms in total. The smallest absolute Gasteiger partial charge is 0.122 e. The number of nitrogens with one attached hydrogen (secondary N) is 1. The van der Waals surface area contributed by atoms with E-state index in [9.17, 15) is 5.11 Å². The van der Waals surface area contributed by atoms with Crippen LogP contribution in [-0.2, 0) is 0 Å². The topological polar surface area (TPSA) is 35.5 Å². The van der Waals surface area contributed by atoms with Crippen molar-refractivity contribution in [2.45, 2.75) is 19.9 Å². The average molecular weight is 260 g/mol. The SMILES string of the molecule is C=CCN(CC=C)c1ccc(C(C)NCC)c(O)c1. The lowest BCUT2D eigenvalue weighted by molar-refractivity contribution is 0.454. The van der Waals surface area contributed by atoms with Crippen LogP contribution in [0, 0.1) is 0 Å². The zero-order chi connectivity index (χ0) is 14.3. The highest BCUT2D eigenvalue weighted by Gasteiger charge is 2.11. The van der Waals surface area contributed by atoms with Gasteiger partial charge >= 0.3 is 0 Å². The number of benzene rings is 1. The van der Waals surface area contributed by atoms with E-state index in [1.807, 2.05) is 31.2 Å². The van der Waals surface area contributed by atoms with E-state index < -0.39 is 0 Å². The first kappa shape index (κ1) is 15.3. The standard InChI is InChI=1S/C16H24N2O/c1-5-10-18(11-6-2)14-8-9-15(16(19)12-14)13(4)17-7-3/h5-6,8-9,12-13,17,19H,1-2,7,10-11H2,3-4H3. The van der Waals surface area contributed by atoms with Crippen LogP contribution in [0.15, 0.2) is 43.5 Å². The number of rotatable bonds is 8. The van der Waals surface area contributed by atoms with Gasteiger partial charge in [0.25, 0.3) is 0 Å². The van der Waals surface area contributed by atoms with Crippen molar-refractivity contribution in [1.29, 1.82) is 0 Å². The summed E-state index contributed by atoms with van der Waals surface area (Å²) < 4.78 is 0. The van der Waals surface area contributed by atoms with Crippen LogP contribution in [0.5, 0.6) is 5.75 Å². The van der Waals surface area contributed by atoms with Crippen molar-refractivity contribution >= 4 is 5.69 Å². The number of aromatic hydroxyl groups is 1. The fourth-order valence-corrected chi connectivity index (χ4v) is 2.11. The van der Waals surface area contributed by atoms with Gasteiger partial charge in [-0.3, -0.25) is 0 Å². The Balaban J connectivity index is 2.96. The van der Waals surface area contributed by atoms with Crippen molar-refractivity contribution in [2.24, 2.45) is 0 Å². The molecule has 1 aromatic carbocycles. The Morgan fingerprint density at radius 2 is 1.95 bits per heavy atom. The second-order valence-corrected chi connectivity index (χ2v) is 4.50. The van der Waals surface area contributed by atoms with Crippen molar-refractivity contribution in [3.8, 4) is 5.75 Å². The molecule has 3 heteroatoms. The van der Waals surface area contributed by atoms with Crippen molar-refractivity contribution in [1.82, 2.24) is 5.32 Å². The second kappa shape index (κ2) is 7.64. The van der Waals surface area contributed by atoms with Gasteiger partial charge in [0.15, 0.2) is 0 Å². The average Bonchev–Trinajstić information content (AvgIpc) is 2.38. The second-order valence-electron chi connectivity index (χ2n) is 4.50. The Bertz CT molecular complexity index is 419. The number of hydrogen-bond donors (Lipinski definition) is 2.